The van der Waals surface area contributed by atoms with Gasteiger partial charge in [0.15, 0.2) is 8.32 Å². The lowest BCUT2D eigenvalue weighted by Gasteiger charge is -2.36. The van der Waals surface area contributed by atoms with Gasteiger partial charge >= 0.3 is 0 Å². The fraction of sp³-hybridized carbons (Fsp3) is 0.407. The quantitative estimate of drug-likeness (QED) is 0.392. The molecule has 0 spiro atoms. The van der Waals surface area contributed by atoms with Crippen LogP contribution >= 0.6 is 0 Å². The van der Waals surface area contributed by atoms with Crippen LogP contribution in [0.25, 0.3) is 11.3 Å². The van der Waals surface area contributed by atoms with E-state index in [9.17, 15) is 0 Å². The summed E-state index contributed by atoms with van der Waals surface area (Å²) in [5.74, 6) is 0.572. The highest BCUT2D eigenvalue weighted by atomic mass is 28.4. The minimum atomic E-state index is -1.88. The number of aromatic nitrogens is 3. The van der Waals surface area contributed by atoms with Gasteiger partial charge in [0.25, 0.3) is 0 Å². The van der Waals surface area contributed by atoms with Crippen LogP contribution in [-0.2, 0) is 30.5 Å². The molecule has 0 fully saturated rings. The average Bonchev–Trinajstić information content (AvgIpc) is 3.29. The van der Waals surface area contributed by atoms with Crippen molar-refractivity contribution in [3.05, 3.63) is 70.8 Å². The molecule has 2 aromatic heterocycles. The van der Waals surface area contributed by atoms with Gasteiger partial charge in [0.2, 0.25) is 5.88 Å². The second-order valence-corrected chi connectivity index (χ2v) is 15.1. The molecule has 0 atom stereocenters. The van der Waals surface area contributed by atoms with Crippen LogP contribution in [-0.4, -0.2) is 23.3 Å². The van der Waals surface area contributed by atoms with Crippen LogP contribution < -0.4 is 4.74 Å². The van der Waals surface area contributed by atoms with E-state index >= 15 is 0 Å². The summed E-state index contributed by atoms with van der Waals surface area (Å²) >= 11 is 0. The fourth-order valence-electron chi connectivity index (χ4n) is 3.78. The van der Waals surface area contributed by atoms with Gasteiger partial charge in [-0.25, -0.2) is 9.97 Å². The molecule has 0 bridgehead atoms. The van der Waals surface area contributed by atoms with Gasteiger partial charge in [0.05, 0.1) is 42.0 Å². The van der Waals surface area contributed by atoms with E-state index < -0.39 is 8.32 Å². The number of ether oxygens (including phenoxy) is 1. The number of hydrogen-bond acceptors (Lipinski definition) is 6. The lowest BCUT2D eigenvalue weighted by atomic mass is 10.0. The van der Waals surface area contributed by atoms with Crippen molar-refractivity contribution >= 4 is 8.32 Å². The van der Waals surface area contributed by atoms with Gasteiger partial charge in [-0.3, -0.25) is 4.98 Å². The molecule has 1 aliphatic rings. The third-order valence-electron chi connectivity index (χ3n) is 6.82. The van der Waals surface area contributed by atoms with Crippen molar-refractivity contribution in [3.63, 3.8) is 0 Å². The Hall–Kier alpha value is -3.08. The number of rotatable bonds is 7. The molecular weight excluding hydrogens is 440 g/mol. The fourth-order valence-corrected chi connectivity index (χ4v) is 4.73. The Morgan fingerprint density at radius 1 is 1.06 bits per heavy atom. The minimum absolute atomic E-state index is 0.142. The summed E-state index contributed by atoms with van der Waals surface area (Å²) in [6, 6.07) is 11.6. The molecule has 6 nitrogen and oxygen atoms in total. The normalized spacial score (nSPS) is 13.4. The molecule has 7 heteroatoms. The largest absolute Gasteiger partial charge is 0.473 e. The predicted octanol–water partition coefficient (Wildman–Crippen LogP) is 6.00. The average molecular weight is 473 g/mol. The molecule has 176 valence electrons. The highest BCUT2D eigenvalue weighted by Crippen LogP contribution is 2.37. The van der Waals surface area contributed by atoms with Crippen molar-refractivity contribution in [2.75, 3.05) is 0 Å². The SMILES string of the molecule is CC(C)(C)[Si](C)(C)OCc1cncc(-c2cc(OCc3cccc(C#N)c3)nc3c2CCC3)n1. The Labute approximate surface area is 203 Å². The highest BCUT2D eigenvalue weighted by molar-refractivity contribution is 6.74. The number of pyridine rings is 1. The summed E-state index contributed by atoms with van der Waals surface area (Å²) in [6.45, 7) is 12.0. The molecule has 0 N–H and O–H groups in total. The van der Waals surface area contributed by atoms with Gasteiger partial charge < -0.3 is 9.16 Å². The van der Waals surface area contributed by atoms with Crippen LogP contribution in [0.3, 0.4) is 0 Å². The summed E-state index contributed by atoms with van der Waals surface area (Å²) in [7, 11) is -1.88. The van der Waals surface area contributed by atoms with Gasteiger partial charge in [-0.05, 0) is 60.7 Å². The number of aryl methyl sites for hydroxylation is 1. The van der Waals surface area contributed by atoms with E-state index in [-0.39, 0.29) is 5.04 Å². The molecule has 1 aromatic carbocycles. The zero-order valence-corrected chi connectivity index (χ0v) is 21.7. The summed E-state index contributed by atoms with van der Waals surface area (Å²) in [4.78, 5) is 14.1. The maximum absolute atomic E-state index is 9.14. The van der Waals surface area contributed by atoms with Crippen LogP contribution in [0, 0.1) is 11.3 Å². The van der Waals surface area contributed by atoms with Crippen molar-refractivity contribution in [2.24, 2.45) is 0 Å². The third kappa shape index (κ3) is 5.35. The van der Waals surface area contributed by atoms with Gasteiger partial charge in [-0.15, -0.1) is 0 Å². The van der Waals surface area contributed by atoms with Crippen LogP contribution in [0.5, 0.6) is 5.88 Å². The zero-order valence-electron chi connectivity index (χ0n) is 20.7. The lowest BCUT2D eigenvalue weighted by Crippen LogP contribution is -2.40. The number of benzene rings is 1. The molecule has 2 heterocycles. The highest BCUT2D eigenvalue weighted by Gasteiger charge is 2.37. The number of nitrogens with zero attached hydrogens (tertiary/aromatic N) is 4. The van der Waals surface area contributed by atoms with E-state index in [1.807, 2.05) is 30.5 Å². The van der Waals surface area contributed by atoms with Gasteiger partial charge in [0, 0.05) is 17.3 Å². The third-order valence-corrected chi connectivity index (χ3v) is 11.3. The molecule has 1 aliphatic carbocycles. The van der Waals surface area contributed by atoms with E-state index in [4.69, 9.17) is 24.4 Å². The second kappa shape index (κ2) is 9.65. The summed E-state index contributed by atoms with van der Waals surface area (Å²) in [5.41, 5.74) is 6.56. The zero-order chi connectivity index (χ0) is 24.3. The van der Waals surface area contributed by atoms with Crippen molar-refractivity contribution in [1.82, 2.24) is 15.0 Å². The Kier molecular flexibility index (Phi) is 6.83. The first-order chi connectivity index (χ1) is 16.2. The Morgan fingerprint density at radius 2 is 1.88 bits per heavy atom. The van der Waals surface area contributed by atoms with Crippen LogP contribution in [0.15, 0.2) is 42.7 Å². The molecule has 0 saturated heterocycles. The van der Waals surface area contributed by atoms with Crippen LogP contribution in [0.2, 0.25) is 18.1 Å². The predicted molar refractivity (Wildman–Crippen MR) is 135 cm³/mol. The molecule has 34 heavy (non-hydrogen) atoms. The maximum Gasteiger partial charge on any atom is 0.214 e. The van der Waals surface area contributed by atoms with Crippen molar-refractivity contribution in [1.29, 1.82) is 5.26 Å². The molecule has 3 aromatic rings. The minimum Gasteiger partial charge on any atom is -0.473 e. The van der Waals surface area contributed by atoms with Gasteiger partial charge in [-0.1, -0.05) is 32.9 Å². The van der Waals surface area contributed by atoms with E-state index in [0.29, 0.717) is 24.7 Å². The Bertz CT molecular complexity index is 1230. The summed E-state index contributed by atoms with van der Waals surface area (Å²) in [5, 5.41) is 9.28. The molecular formula is C27H32N4O2Si. The van der Waals surface area contributed by atoms with Crippen molar-refractivity contribution in [2.45, 2.75) is 71.4 Å². The van der Waals surface area contributed by atoms with Crippen molar-refractivity contribution in [3.8, 4) is 23.2 Å². The van der Waals surface area contributed by atoms with Crippen molar-refractivity contribution < 1.29 is 9.16 Å². The van der Waals surface area contributed by atoms with Crippen LogP contribution in [0.1, 0.15) is 55.3 Å². The molecule has 0 saturated carbocycles. The standard InChI is InChI=1S/C27H32N4O2Si/c1-27(2,3)34(4,5)33-18-21-15-29-16-25(30-21)23-13-26(31-24-11-7-10-22(23)24)32-17-20-9-6-8-19(12-20)14-28/h6,8-9,12-13,15-16H,7,10-11,17-18H2,1-5H3. The van der Waals surface area contributed by atoms with E-state index in [0.717, 1.165) is 47.5 Å². The molecule has 0 radical (unpaired) electrons. The van der Waals surface area contributed by atoms with E-state index in [1.165, 1.54) is 5.56 Å². The summed E-state index contributed by atoms with van der Waals surface area (Å²) < 4.78 is 12.4. The monoisotopic (exact) mass is 472 g/mol. The number of nitriles is 1. The molecule has 0 unspecified atom stereocenters. The second-order valence-electron chi connectivity index (χ2n) is 10.3. The van der Waals surface area contributed by atoms with Crippen LogP contribution in [0.4, 0.5) is 0 Å². The topological polar surface area (TPSA) is 80.9 Å². The molecule has 4 rings (SSSR count). The molecule has 0 aliphatic heterocycles. The Morgan fingerprint density at radius 3 is 2.65 bits per heavy atom. The maximum atomic E-state index is 9.14. The first-order valence-electron chi connectivity index (χ1n) is 11.8. The van der Waals surface area contributed by atoms with Gasteiger partial charge in [0.1, 0.15) is 6.61 Å². The lowest BCUT2D eigenvalue weighted by molar-refractivity contribution is 0.271. The molecule has 0 amide bonds. The van der Waals surface area contributed by atoms with E-state index in [2.05, 4.69) is 44.9 Å². The number of fused-ring (bicyclic) bond motifs is 1. The van der Waals surface area contributed by atoms with E-state index in [1.54, 1.807) is 12.3 Å². The smallest absolute Gasteiger partial charge is 0.214 e. The Balaban J connectivity index is 1.57. The van der Waals surface area contributed by atoms with Gasteiger partial charge in [-0.2, -0.15) is 5.26 Å². The number of hydrogen-bond donors (Lipinski definition) is 0. The first kappa shape index (κ1) is 24.1. The first-order valence-corrected chi connectivity index (χ1v) is 14.7. The summed E-state index contributed by atoms with van der Waals surface area (Å²) in [6.07, 6.45) is 6.59.